The van der Waals surface area contributed by atoms with E-state index >= 15 is 0 Å². The van der Waals surface area contributed by atoms with Gasteiger partial charge in [-0.2, -0.15) is 13.2 Å². The number of nitrogens with zero attached hydrogens (tertiary/aromatic N) is 3. The standard InChI is InChI=1S/C23H20F3N3O2/c24-23(25,26)19-6-2-1-4-18(19)15-29-13-12-28(11-9-21(29)30)22(31)17-7-8-20-16(14-17)5-3-10-27-20/h1-8,10,14H,9,11-13,15H2. The summed E-state index contributed by atoms with van der Waals surface area (Å²) in [5, 5.41) is 0.838. The Hall–Kier alpha value is -3.42. The molecule has 2 heterocycles. The lowest BCUT2D eigenvalue weighted by atomic mass is 10.1. The molecule has 31 heavy (non-hydrogen) atoms. The van der Waals surface area contributed by atoms with Gasteiger partial charge in [0, 0.05) is 49.7 Å². The molecular weight excluding hydrogens is 407 g/mol. The third-order valence-electron chi connectivity index (χ3n) is 5.41. The lowest BCUT2D eigenvalue weighted by Crippen LogP contribution is -2.36. The SMILES string of the molecule is O=C1CCN(C(=O)c2ccc3ncccc3c2)CCN1Cc1ccccc1C(F)(F)F. The number of fused-ring (bicyclic) bond motifs is 1. The van der Waals surface area contributed by atoms with Crippen LogP contribution in [0.3, 0.4) is 0 Å². The van der Waals surface area contributed by atoms with Crippen molar-refractivity contribution in [2.24, 2.45) is 0 Å². The molecule has 8 heteroatoms. The Bertz CT molecular complexity index is 1130. The Morgan fingerprint density at radius 3 is 2.61 bits per heavy atom. The van der Waals surface area contributed by atoms with Crippen LogP contribution in [0.15, 0.2) is 60.8 Å². The number of hydrogen-bond donors (Lipinski definition) is 0. The van der Waals surface area contributed by atoms with Gasteiger partial charge in [-0.3, -0.25) is 14.6 Å². The van der Waals surface area contributed by atoms with Crippen LogP contribution in [0.4, 0.5) is 13.2 Å². The van der Waals surface area contributed by atoms with E-state index in [2.05, 4.69) is 4.98 Å². The molecule has 0 N–H and O–H groups in total. The Kier molecular flexibility index (Phi) is 5.63. The minimum Gasteiger partial charge on any atom is -0.337 e. The summed E-state index contributed by atoms with van der Waals surface area (Å²) in [5.41, 5.74) is 0.568. The molecule has 0 radical (unpaired) electrons. The number of amides is 2. The average molecular weight is 427 g/mol. The van der Waals surface area contributed by atoms with E-state index in [9.17, 15) is 22.8 Å². The van der Waals surface area contributed by atoms with Crippen molar-refractivity contribution in [1.82, 2.24) is 14.8 Å². The first kappa shape index (κ1) is 20.8. The zero-order chi connectivity index (χ0) is 22.0. The monoisotopic (exact) mass is 427 g/mol. The lowest BCUT2D eigenvalue weighted by Gasteiger charge is -2.24. The van der Waals surface area contributed by atoms with Crippen molar-refractivity contribution in [2.45, 2.75) is 19.1 Å². The van der Waals surface area contributed by atoms with Crippen molar-refractivity contribution in [1.29, 1.82) is 0 Å². The molecule has 0 unspecified atom stereocenters. The van der Waals surface area contributed by atoms with Crippen LogP contribution in [0.2, 0.25) is 0 Å². The average Bonchev–Trinajstić information content (AvgIpc) is 2.94. The molecular formula is C23H20F3N3O2. The predicted molar refractivity (Wildman–Crippen MR) is 109 cm³/mol. The lowest BCUT2D eigenvalue weighted by molar-refractivity contribution is -0.139. The Morgan fingerprint density at radius 1 is 1.00 bits per heavy atom. The molecule has 0 atom stereocenters. The van der Waals surface area contributed by atoms with Crippen molar-refractivity contribution in [2.75, 3.05) is 19.6 Å². The number of pyridine rings is 1. The zero-order valence-corrected chi connectivity index (χ0v) is 16.6. The maximum absolute atomic E-state index is 13.3. The Labute approximate surface area is 177 Å². The van der Waals surface area contributed by atoms with Crippen molar-refractivity contribution < 1.29 is 22.8 Å². The molecule has 2 amide bonds. The molecule has 0 spiro atoms. The van der Waals surface area contributed by atoms with Gasteiger partial charge in [-0.15, -0.1) is 0 Å². The number of carbonyl (C=O) groups excluding carboxylic acids is 2. The van der Waals surface area contributed by atoms with Crippen molar-refractivity contribution in [3.63, 3.8) is 0 Å². The number of carbonyl (C=O) groups is 2. The first-order valence-corrected chi connectivity index (χ1v) is 9.90. The summed E-state index contributed by atoms with van der Waals surface area (Å²) in [6, 6.07) is 14.1. The van der Waals surface area contributed by atoms with Crippen LogP contribution in [0, 0.1) is 0 Å². The maximum atomic E-state index is 13.3. The van der Waals surface area contributed by atoms with E-state index in [0.717, 1.165) is 17.0 Å². The highest BCUT2D eigenvalue weighted by atomic mass is 19.4. The van der Waals surface area contributed by atoms with E-state index in [-0.39, 0.29) is 50.0 Å². The summed E-state index contributed by atoms with van der Waals surface area (Å²) in [5.74, 6) is -0.480. The van der Waals surface area contributed by atoms with Gasteiger partial charge >= 0.3 is 6.18 Å². The molecule has 0 bridgehead atoms. The highest BCUT2D eigenvalue weighted by molar-refractivity contribution is 5.98. The number of rotatable bonds is 3. The topological polar surface area (TPSA) is 53.5 Å². The third kappa shape index (κ3) is 4.52. The van der Waals surface area contributed by atoms with Gasteiger partial charge in [0.1, 0.15) is 0 Å². The van der Waals surface area contributed by atoms with Crippen LogP contribution in [0.5, 0.6) is 0 Å². The second-order valence-electron chi connectivity index (χ2n) is 7.42. The van der Waals surface area contributed by atoms with Gasteiger partial charge in [-0.25, -0.2) is 0 Å². The van der Waals surface area contributed by atoms with Crippen LogP contribution < -0.4 is 0 Å². The minimum absolute atomic E-state index is 0.0464. The van der Waals surface area contributed by atoms with Gasteiger partial charge < -0.3 is 9.80 Å². The van der Waals surface area contributed by atoms with Crippen molar-refractivity contribution >= 4 is 22.7 Å². The van der Waals surface area contributed by atoms with Gasteiger partial charge in [-0.05, 0) is 35.9 Å². The fourth-order valence-electron chi connectivity index (χ4n) is 3.77. The van der Waals surface area contributed by atoms with Gasteiger partial charge in [-0.1, -0.05) is 24.3 Å². The normalized spacial score (nSPS) is 15.3. The third-order valence-corrected chi connectivity index (χ3v) is 5.41. The van der Waals surface area contributed by atoms with E-state index < -0.39 is 11.7 Å². The molecule has 4 rings (SSSR count). The van der Waals surface area contributed by atoms with Gasteiger partial charge in [0.05, 0.1) is 11.1 Å². The number of aromatic nitrogens is 1. The smallest absolute Gasteiger partial charge is 0.337 e. The van der Waals surface area contributed by atoms with Crippen LogP contribution >= 0.6 is 0 Å². The van der Waals surface area contributed by atoms with Gasteiger partial charge in [0.25, 0.3) is 5.91 Å². The number of halogens is 3. The summed E-state index contributed by atoms with van der Waals surface area (Å²) < 4.78 is 39.9. The van der Waals surface area contributed by atoms with Crippen LogP contribution in [-0.4, -0.2) is 46.2 Å². The number of hydrogen-bond acceptors (Lipinski definition) is 3. The summed E-state index contributed by atoms with van der Waals surface area (Å²) >= 11 is 0. The van der Waals surface area contributed by atoms with Gasteiger partial charge in [0.2, 0.25) is 5.91 Å². The molecule has 0 saturated carbocycles. The molecule has 1 aliphatic rings. The fraction of sp³-hybridized carbons (Fsp3) is 0.261. The van der Waals surface area contributed by atoms with Crippen molar-refractivity contribution in [3.8, 4) is 0 Å². The van der Waals surface area contributed by atoms with Crippen LogP contribution in [0.1, 0.15) is 27.9 Å². The highest BCUT2D eigenvalue weighted by Gasteiger charge is 2.34. The quantitative estimate of drug-likeness (QED) is 0.632. The van der Waals surface area contributed by atoms with Crippen LogP contribution in [-0.2, 0) is 17.5 Å². The molecule has 0 aliphatic carbocycles. The van der Waals surface area contributed by atoms with Gasteiger partial charge in [0.15, 0.2) is 0 Å². The summed E-state index contributed by atoms with van der Waals surface area (Å²) in [6.07, 6.45) is -2.75. The van der Waals surface area contributed by atoms with E-state index in [1.54, 1.807) is 35.4 Å². The second kappa shape index (κ2) is 8.37. The molecule has 1 aromatic heterocycles. The predicted octanol–water partition coefficient (Wildman–Crippen LogP) is 4.13. The van der Waals surface area contributed by atoms with Crippen molar-refractivity contribution in [3.05, 3.63) is 77.5 Å². The van der Waals surface area contributed by atoms with E-state index in [1.807, 2.05) is 6.07 Å². The molecule has 3 aromatic rings. The number of benzene rings is 2. The maximum Gasteiger partial charge on any atom is 0.416 e. The molecule has 1 fully saturated rings. The first-order valence-electron chi connectivity index (χ1n) is 9.90. The molecule has 5 nitrogen and oxygen atoms in total. The van der Waals surface area contributed by atoms with Crippen LogP contribution in [0.25, 0.3) is 10.9 Å². The first-order chi connectivity index (χ1) is 14.8. The summed E-state index contributed by atoms with van der Waals surface area (Å²) in [7, 11) is 0. The molecule has 1 saturated heterocycles. The molecule has 2 aromatic carbocycles. The van der Waals surface area contributed by atoms with E-state index in [1.165, 1.54) is 23.1 Å². The molecule has 1 aliphatic heterocycles. The Balaban J connectivity index is 1.49. The fourth-order valence-corrected chi connectivity index (χ4v) is 3.77. The second-order valence-corrected chi connectivity index (χ2v) is 7.42. The summed E-state index contributed by atoms with van der Waals surface area (Å²) in [4.78, 5) is 32.7. The van der Waals surface area contributed by atoms with E-state index in [0.29, 0.717) is 5.56 Å². The molecule has 160 valence electrons. The highest BCUT2D eigenvalue weighted by Crippen LogP contribution is 2.32. The van der Waals surface area contributed by atoms with E-state index in [4.69, 9.17) is 0 Å². The number of alkyl halides is 3. The largest absolute Gasteiger partial charge is 0.416 e. The summed E-state index contributed by atoms with van der Waals surface area (Å²) in [6.45, 7) is 0.508. The zero-order valence-electron chi connectivity index (χ0n) is 16.6. The Morgan fingerprint density at radius 2 is 1.81 bits per heavy atom. The minimum atomic E-state index is -4.49.